The SMILES string of the molecule is CC(C)(C)C(Cc1cn(S(=O)(=O)c2cncc(Cl)c2)c(-c2cccnc2F)c1F)NC(=O)O. The van der Waals surface area contributed by atoms with Crippen LogP contribution in [0.15, 0.2) is 47.9 Å². The number of rotatable bonds is 6. The summed E-state index contributed by atoms with van der Waals surface area (Å²) in [7, 11) is -4.45. The van der Waals surface area contributed by atoms with E-state index in [2.05, 4.69) is 15.3 Å². The van der Waals surface area contributed by atoms with Gasteiger partial charge in [0.25, 0.3) is 10.0 Å². The van der Waals surface area contributed by atoms with E-state index in [4.69, 9.17) is 11.6 Å². The van der Waals surface area contributed by atoms with Gasteiger partial charge in [0.2, 0.25) is 5.95 Å². The van der Waals surface area contributed by atoms with Crippen molar-refractivity contribution in [1.29, 1.82) is 0 Å². The molecule has 0 bridgehead atoms. The molecule has 12 heteroatoms. The van der Waals surface area contributed by atoms with E-state index in [0.717, 1.165) is 24.7 Å². The highest BCUT2D eigenvalue weighted by atomic mass is 35.5. The fourth-order valence-corrected chi connectivity index (χ4v) is 4.85. The summed E-state index contributed by atoms with van der Waals surface area (Å²) in [6, 6.07) is 2.90. The first kappa shape index (κ1) is 24.6. The summed E-state index contributed by atoms with van der Waals surface area (Å²) in [4.78, 5) is 18.2. The zero-order valence-corrected chi connectivity index (χ0v) is 19.5. The molecule has 1 amide bonds. The Morgan fingerprint density at radius 2 is 2.00 bits per heavy atom. The van der Waals surface area contributed by atoms with Gasteiger partial charge in [-0.05, 0) is 30.0 Å². The lowest BCUT2D eigenvalue weighted by atomic mass is 9.83. The predicted molar refractivity (Wildman–Crippen MR) is 118 cm³/mol. The molecule has 0 aromatic carbocycles. The largest absolute Gasteiger partial charge is 0.465 e. The fraction of sp³-hybridized carbons (Fsp3) is 0.286. The molecule has 2 N–H and O–H groups in total. The number of pyridine rings is 2. The van der Waals surface area contributed by atoms with Gasteiger partial charge in [0.05, 0.1) is 10.6 Å². The molecule has 0 aliphatic rings. The van der Waals surface area contributed by atoms with Gasteiger partial charge in [-0.2, -0.15) is 4.39 Å². The van der Waals surface area contributed by atoms with Crippen LogP contribution in [0, 0.1) is 17.2 Å². The van der Waals surface area contributed by atoms with Crippen LogP contribution in [0.4, 0.5) is 13.6 Å². The Kier molecular flexibility index (Phi) is 6.75. The number of hydrogen-bond donors (Lipinski definition) is 2. The highest BCUT2D eigenvalue weighted by molar-refractivity contribution is 7.90. The number of amides is 1. The van der Waals surface area contributed by atoms with Crippen molar-refractivity contribution in [2.24, 2.45) is 5.41 Å². The Hall–Kier alpha value is -3.05. The summed E-state index contributed by atoms with van der Waals surface area (Å²) < 4.78 is 57.5. The second kappa shape index (κ2) is 9.06. The van der Waals surface area contributed by atoms with Crippen LogP contribution in [0.25, 0.3) is 11.3 Å². The van der Waals surface area contributed by atoms with E-state index in [1.807, 2.05) is 0 Å². The van der Waals surface area contributed by atoms with Crippen LogP contribution in [-0.4, -0.2) is 39.6 Å². The van der Waals surface area contributed by atoms with Gasteiger partial charge in [-0.25, -0.2) is 26.6 Å². The maximum atomic E-state index is 15.7. The van der Waals surface area contributed by atoms with E-state index in [1.165, 1.54) is 18.3 Å². The van der Waals surface area contributed by atoms with Gasteiger partial charge in [-0.15, -0.1) is 0 Å². The summed E-state index contributed by atoms with van der Waals surface area (Å²) >= 11 is 5.88. The van der Waals surface area contributed by atoms with Crippen molar-refractivity contribution in [1.82, 2.24) is 19.3 Å². The van der Waals surface area contributed by atoms with Crippen molar-refractivity contribution in [2.75, 3.05) is 0 Å². The van der Waals surface area contributed by atoms with Gasteiger partial charge < -0.3 is 10.4 Å². The molecule has 3 aromatic heterocycles. The zero-order valence-electron chi connectivity index (χ0n) is 17.9. The minimum absolute atomic E-state index is 0.0384. The van der Waals surface area contributed by atoms with Crippen LogP contribution >= 0.6 is 11.6 Å². The van der Waals surface area contributed by atoms with Gasteiger partial charge in [0.15, 0.2) is 5.82 Å². The van der Waals surface area contributed by atoms with E-state index in [-0.39, 0.29) is 27.5 Å². The van der Waals surface area contributed by atoms with Gasteiger partial charge in [-0.3, -0.25) is 4.98 Å². The van der Waals surface area contributed by atoms with Crippen molar-refractivity contribution in [3.8, 4) is 11.3 Å². The Morgan fingerprint density at radius 3 is 2.58 bits per heavy atom. The van der Waals surface area contributed by atoms with Crippen LogP contribution in [0.2, 0.25) is 5.02 Å². The number of nitrogens with zero attached hydrogens (tertiary/aromatic N) is 3. The highest BCUT2D eigenvalue weighted by Crippen LogP contribution is 2.34. The lowest BCUT2D eigenvalue weighted by molar-refractivity contribution is 0.174. The summed E-state index contributed by atoms with van der Waals surface area (Å²) in [5, 5.41) is 11.6. The maximum Gasteiger partial charge on any atom is 0.404 e. The molecule has 3 rings (SSSR count). The third-order valence-electron chi connectivity index (χ3n) is 5.00. The Bertz CT molecular complexity index is 1310. The topological polar surface area (TPSA) is 114 Å². The van der Waals surface area contributed by atoms with Crippen molar-refractivity contribution in [3.63, 3.8) is 0 Å². The Morgan fingerprint density at radius 1 is 1.30 bits per heavy atom. The normalized spacial score (nSPS) is 13.0. The summed E-state index contributed by atoms with van der Waals surface area (Å²) in [5.41, 5.74) is -1.71. The second-order valence-corrected chi connectivity index (χ2v) is 10.6. The van der Waals surface area contributed by atoms with Crippen LogP contribution in [0.5, 0.6) is 0 Å². The minimum Gasteiger partial charge on any atom is -0.465 e. The first-order chi connectivity index (χ1) is 15.3. The number of halogens is 3. The fourth-order valence-electron chi connectivity index (χ4n) is 3.23. The second-order valence-electron chi connectivity index (χ2n) is 8.37. The lowest BCUT2D eigenvalue weighted by Crippen LogP contribution is -2.44. The summed E-state index contributed by atoms with van der Waals surface area (Å²) in [6.45, 7) is 5.25. The molecule has 1 unspecified atom stereocenters. The van der Waals surface area contributed by atoms with Gasteiger partial charge in [-0.1, -0.05) is 32.4 Å². The van der Waals surface area contributed by atoms with Crippen molar-refractivity contribution in [3.05, 3.63) is 65.3 Å². The standard InChI is InChI=1S/C21H21ClF2N4O4S/c1-21(2,3)16(27-20(29)30)7-12-11-28(33(31,32)14-8-13(22)9-25-10-14)18(17(12)23)15-5-4-6-26-19(15)24/h4-6,8-11,16,27H,7H2,1-3H3,(H,29,30). The number of nitrogens with one attached hydrogen (secondary N) is 1. The number of hydrogen-bond acceptors (Lipinski definition) is 5. The molecule has 33 heavy (non-hydrogen) atoms. The number of aromatic nitrogens is 3. The average Bonchev–Trinajstić information content (AvgIpc) is 3.04. The molecule has 0 saturated carbocycles. The third-order valence-corrected chi connectivity index (χ3v) is 6.83. The quantitative estimate of drug-likeness (QED) is 0.489. The van der Waals surface area contributed by atoms with Gasteiger partial charge in [0.1, 0.15) is 10.6 Å². The van der Waals surface area contributed by atoms with E-state index in [1.54, 1.807) is 20.8 Å². The van der Waals surface area contributed by atoms with Crippen LogP contribution in [0.3, 0.4) is 0 Å². The molecule has 3 aromatic rings. The zero-order chi connectivity index (χ0) is 24.6. The molecule has 176 valence electrons. The van der Waals surface area contributed by atoms with Crippen molar-refractivity contribution in [2.45, 2.75) is 38.1 Å². The smallest absolute Gasteiger partial charge is 0.404 e. The summed E-state index contributed by atoms with van der Waals surface area (Å²) in [6.07, 6.45) is 2.92. The summed E-state index contributed by atoms with van der Waals surface area (Å²) in [5.74, 6) is -2.08. The molecule has 0 spiro atoms. The highest BCUT2D eigenvalue weighted by Gasteiger charge is 2.33. The van der Waals surface area contributed by atoms with Crippen LogP contribution in [-0.2, 0) is 16.4 Å². The molecule has 1 atom stereocenters. The Balaban J connectivity index is 2.25. The van der Waals surface area contributed by atoms with Crippen LogP contribution in [0.1, 0.15) is 26.3 Å². The maximum absolute atomic E-state index is 15.7. The van der Waals surface area contributed by atoms with E-state index in [0.29, 0.717) is 3.97 Å². The molecule has 0 saturated heterocycles. The molecular weight excluding hydrogens is 478 g/mol. The van der Waals surface area contributed by atoms with Crippen LogP contribution < -0.4 is 5.32 Å². The number of carbonyl (C=O) groups is 1. The lowest BCUT2D eigenvalue weighted by Gasteiger charge is -2.30. The Labute approximate surface area is 194 Å². The van der Waals surface area contributed by atoms with Gasteiger partial charge in [0, 0.05) is 36.4 Å². The van der Waals surface area contributed by atoms with E-state index in [9.17, 15) is 22.7 Å². The molecule has 0 aliphatic carbocycles. The van der Waals surface area contributed by atoms with E-state index >= 15 is 4.39 Å². The third kappa shape index (κ3) is 5.14. The minimum atomic E-state index is -4.45. The van der Waals surface area contributed by atoms with Gasteiger partial charge >= 0.3 is 6.09 Å². The number of carboxylic acid groups (broad SMARTS) is 1. The molecular formula is C21H21ClF2N4O4S. The monoisotopic (exact) mass is 498 g/mol. The average molecular weight is 499 g/mol. The molecule has 3 heterocycles. The molecule has 0 aliphatic heterocycles. The first-order valence-electron chi connectivity index (χ1n) is 9.68. The predicted octanol–water partition coefficient (Wildman–Crippen LogP) is 4.34. The first-order valence-corrected chi connectivity index (χ1v) is 11.5. The molecule has 0 radical (unpaired) electrons. The molecule has 0 fully saturated rings. The van der Waals surface area contributed by atoms with Crippen molar-refractivity contribution < 1.29 is 27.1 Å². The van der Waals surface area contributed by atoms with Crippen molar-refractivity contribution >= 4 is 27.7 Å². The van der Waals surface area contributed by atoms with E-state index < -0.39 is 45.0 Å². The molecule has 8 nitrogen and oxygen atoms in total.